The van der Waals surface area contributed by atoms with Crippen molar-refractivity contribution in [1.29, 1.82) is 0 Å². The summed E-state index contributed by atoms with van der Waals surface area (Å²) in [6, 6.07) is 9.51. The highest BCUT2D eigenvalue weighted by Crippen LogP contribution is 2.15. The van der Waals surface area contributed by atoms with Gasteiger partial charge in [-0.3, -0.25) is 4.79 Å². The van der Waals surface area contributed by atoms with Crippen molar-refractivity contribution >= 4 is 27.7 Å². The van der Waals surface area contributed by atoms with Crippen LogP contribution in [0.15, 0.2) is 53.4 Å². The predicted octanol–water partition coefficient (Wildman–Crippen LogP) is 2.68. The Morgan fingerprint density at radius 3 is 2.41 bits per heavy atom. The molecule has 2 aromatic carbocycles. The van der Waals surface area contributed by atoms with Crippen molar-refractivity contribution in [3.8, 4) is 0 Å². The SMILES string of the molecule is CSCCC(NS(=O)(=O)c1ccccc1F)C(=O)NCc1ccc(F)cc1. The van der Waals surface area contributed by atoms with E-state index in [0.717, 1.165) is 12.1 Å². The lowest BCUT2D eigenvalue weighted by atomic mass is 10.2. The van der Waals surface area contributed by atoms with Crippen molar-refractivity contribution in [2.75, 3.05) is 12.0 Å². The number of benzene rings is 2. The third-order valence-corrected chi connectivity index (χ3v) is 5.88. The molecule has 2 rings (SSSR count). The van der Waals surface area contributed by atoms with E-state index in [9.17, 15) is 22.0 Å². The van der Waals surface area contributed by atoms with E-state index in [1.807, 2.05) is 6.26 Å². The number of thioether (sulfide) groups is 1. The molecule has 5 nitrogen and oxygen atoms in total. The summed E-state index contributed by atoms with van der Waals surface area (Å²) in [6.45, 7) is 0.121. The lowest BCUT2D eigenvalue weighted by molar-refractivity contribution is -0.122. The quantitative estimate of drug-likeness (QED) is 0.662. The van der Waals surface area contributed by atoms with Crippen LogP contribution in [0.25, 0.3) is 0 Å². The molecular weight excluding hydrogens is 394 g/mol. The van der Waals surface area contributed by atoms with E-state index in [1.54, 1.807) is 0 Å². The van der Waals surface area contributed by atoms with Crippen LogP contribution in [0.5, 0.6) is 0 Å². The molecule has 1 unspecified atom stereocenters. The minimum atomic E-state index is -4.20. The number of halogens is 2. The van der Waals surface area contributed by atoms with Crippen molar-refractivity contribution in [3.05, 3.63) is 65.7 Å². The van der Waals surface area contributed by atoms with Gasteiger partial charge in [0.25, 0.3) is 0 Å². The lowest BCUT2D eigenvalue weighted by Gasteiger charge is -2.18. The predicted molar refractivity (Wildman–Crippen MR) is 102 cm³/mol. The maximum absolute atomic E-state index is 13.8. The van der Waals surface area contributed by atoms with Crippen molar-refractivity contribution in [2.24, 2.45) is 0 Å². The minimum absolute atomic E-state index is 0.121. The highest BCUT2D eigenvalue weighted by molar-refractivity contribution is 7.98. The largest absolute Gasteiger partial charge is 0.351 e. The van der Waals surface area contributed by atoms with Crippen LogP contribution in [0.3, 0.4) is 0 Å². The molecule has 0 aliphatic heterocycles. The maximum atomic E-state index is 13.8. The molecular formula is C18H20F2N2O3S2. The molecule has 0 aliphatic carbocycles. The molecule has 0 aromatic heterocycles. The molecule has 146 valence electrons. The molecule has 0 radical (unpaired) electrons. The normalized spacial score (nSPS) is 12.6. The van der Waals surface area contributed by atoms with Crippen LogP contribution in [0.2, 0.25) is 0 Å². The number of nitrogens with one attached hydrogen (secondary N) is 2. The topological polar surface area (TPSA) is 75.3 Å². The van der Waals surface area contributed by atoms with Gasteiger partial charge in [-0.05, 0) is 48.3 Å². The lowest BCUT2D eigenvalue weighted by Crippen LogP contribution is -2.46. The first-order valence-electron chi connectivity index (χ1n) is 8.11. The van der Waals surface area contributed by atoms with E-state index in [1.165, 1.54) is 48.2 Å². The molecule has 2 aromatic rings. The molecule has 0 saturated heterocycles. The van der Waals surface area contributed by atoms with Gasteiger partial charge < -0.3 is 5.32 Å². The number of hydrogen-bond donors (Lipinski definition) is 2. The van der Waals surface area contributed by atoms with Crippen LogP contribution in [0, 0.1) is 11.6 Å². The summed E-state index contributed by atoms with van der Waals surface area (Å²) in [5.41, 5.74) is 0.672. The number of rotatable bonds is 9. The molecule has 0 aliphatic rings. The molecule has 0 heterocycles. The Labute approximate surface area is 161 Å². The maximum Gasteiger partial charge on any atom is 0.244 e. The molecule has 0 saturated carbocycles. The zero-order chi connectivity index (χ0) is 19.9. The Morgan fingerprint density at radius 1 is 1.11 bits per heavy atom. The zero-order valence-corrected chi connectivity index (χ0v) is 16.2. The molecule has 2 N–H and O–H groups in total. The van der Waals surface area contributed by atoms with Gasteiger partial charge in [0.1, 0.15) is 22.6 Å². The summed E-state index contributed by atoms with van der Waals surface area (Å²) in [4.78, 5) is 12.0. The Hall–Kier alpha value is -1.97. The number of amides is 1. The number of sulfonamides is 1. The van der Waals surface area contributed by atoms with Gasteiger partial charge in [-0.25, -0.2) is 17.2 Å². The Bertz CT molecular complexity index is 874. The summed E-state index contributed by atoms with van der Waals surface area (Å²) in [5.74, 6) is -1.27. The van der Waals surface area contributed by atoms with Crippen LogP contribution >= 0.6 is 11.8 Å². The van der Waals surface area contributed by atoms with E-state index < -0.39 is 32.7 Å². The molecule has 0 fully saturated rings. The Morgan fingerprint density at radius 2 is 1.78 bits per heavy atom. The van der Waals surface area contributed by atoms with E-state index in [4.69, 9.17) is 0 Å². The van der Waals surface area contributed by atoms with E-state index in [-0.39, 0.29) is 18.8 Å². The highest BCUT2D eigenvalue weighted by atomic mass is 32.2. The summed E-state index contributed by atoms with van der Waals surface area (Å²) >= 11 is 1.46. The number of carbonyl (C=O) groups excluding carboxylic acids is 1. The van der Waals surface area contributed by atoms with Gasteiger partial charge in [-0.1, -0.05) is 24.3 Å². The van der Waals surface area contributed by atoms with E-state index in [0.29, 0.717) is 11.3 Å². The molecule has 0 bridgehead atoms. The second-order valence-corrected chi connectivity index (χ2v) is 8.40. The molecule has 1 amide bonds. The number of hydrogen-bond acceptors (Lipinski definition) is 4. The average molecular weight is 414 g/mol. The van der Waals surface area contributed by atoms with Gasteiger partial charge >= 0.3 is 0 Å². The molecule has 0 spiro atoms. The zero-order valence-electron chi connectivity index (χ0n) is 14.6. The summed E-state index contributed by atoms with van der Waals surface area (Å²) < 4.78 is 54.0. The van der Waals surface area contributed by atoms with Gasteiger partial charge in [-0.15, -0.1) is 0 Å². The summed E-state index contributed by atoms with van der Waals surface area (Å²) in [7, 11) is -4.20. The third kappa shape index (κ3) is 6.30. The third-order valence-electron chi connectivity index (χ3n) is 3.73. The van der Waals surface area contributed by atoms with Crippen LogP contribution in [-0.4, -0.2) is 32.4 Å². The Balaban J connectivity index is 2.10. The fourth-order valence-electron chi connectivity index (χ4n) is 2.31. The second kappa shape index (κ2) is 9.82. The second-order valence-electron chi connectivity index (χ2n) is 5.73. The first kappa shape index (κ1) is 21.3. The highest BCUT2D eigenvalue weighted by Gasteiger charge is 2.27. The van der Waals surface area contributed by atoms with Crippen molar-refractivity contribution in [3.63, 3.8) is 0 Å². The molecule has 1 atom stereocenters. The van der Waals surface area contributed by atoms with E-state index >= 15 is 0 Å². The average Bonchev–Trinajstić information content (AvgIpc) is 2.64. The molecule has 9 heteroatoms. The first-order valence-corrected chi connectivity index (χ1v) is 11.0. The summed E-state index contributed by atoms with van der Waals surface area (Å²) in [5, 5.41) is 2.62. The standard InChI is InChI=1S/C18H20F2N2O3S2/c1-26-11-10-16(18(23)21-12-13-6-8-14(19)9-7-13)22-27(24,25)17-5-3-2-4-15(17)20/h2-9,16,22H,10-12H2,1H3,(H,21,23). The minimum Gasteiger partial charge on any atom is -0.351 e. The molecule has 27 heavy (non-hydrogen) atoms. The number of carbonyl (C=O) groups is 1. The van der Waals surface area contributed by atoms with Crippen LogP contribution in [0.1, 0.15) is 12.0 Å². The van der Waals surface area contributed by atoms with Crippen molar-refractivity contribution < 1.29 is 22.0 Å². The Kier molecular flexibility index (Phi) is 7.76. The van der Waals surface area contributed by atoms with Crippen LogP contribution < -0.4 is 10.0 Å². The fourth-order valence-corrected chi connectivity index (χ4v) is 4.09. The van der Waals surface area contributed by atoms with Gasteiger partial charge in [-0.2, -0.15) is 16.5 Å². The van der Waals surface area contributed by atoms with Gasteiger partial charge in [0, 0.05) is 6.54 Å². The first-order chi connectivity index (χ1) is 12.8. The van der Waals surface area contributed by atoms with E-state index in [2.05, 4.69) is 10.0 Å². The monoisotopic (exact) mass is 414 g/mol. The van der Waals surface area contributed by atoms with Gasteiger partial charge in [0.2, 0.25) is 15.9 Å². The summed E-state index contributed by atoms with van der Waals surface area (Å²) in [6.07, 6.45) is 2.07. The van der Waals surface area contributed by atoms with Crippen LogP contribution in [-0.2, 0) is 21.4 Å². The van der Waals surface area contributed by atoms with Crippen molar-refractivity contribution in [2.45, 2.75) is 23.9 Å². The van der Waals surface area contributed by atoms with Crippen LogP contribution in [0.4, 0.5) is 8.78 Å². The fraction of sp³-hybridized carbons (Fsp3) is 0.278. The van der Waals surface area contributed by atoms with Crippen molar-refractivity contribution in [1.82, 2.24) is 10.0 Å². The van der Waals surface area contributed by atoms with Gasteiger partial charge in [0.05, 0.1) is 0 Å². The smallest absolute Gasteiger partial charge is 0.244 e. The van der Waals surface area contributed by atoms with Gasteiger partial charge in [0.15, 0.2) is 0 Å².